The summed E-state index contributed by atoms with van der Waals surface area (Å²) in [4.78, 5) is 9.66. The van der Waals surface area contributed by atoms with Crippen molar-refractivity contribution in [3.05, 3.63) is 46.5 Å². The summed E-state index contributed by atoms with van der Waals surface area (Å²) in [5, 5.41) is 3.76. The van der Waals surface area contributed by atoms with Crippen LogP contribution in [0.1, 0.15) is 75.3 Å². The van der Waals surface area contributed by atoms with Gasteiger partial charge in [0.25, 0.3) is 0 Å². The summed E-state index contributed by atoms with van der Waals surface area (Å²) >= 11 is 0. The lowest BCUT2D eigenvalue weighted by molar-refractivity contribution is 0.174. The molecule has 0 amide bonds. The summed E-state index contributed by atoms with van der Waals surface area (Å²) in [5.74, 6) is 2.60. The summed E-state index contributed by atoms with van der Waals surface area (Å²) in [6, 6.07) is 4.41. The second-order valence-corrected chi connectivity index (χ2v) is 9.96. The van der Waals surface area contributed by atoms with Gasteiger partial charge in [0, 0.05) is 35.5 Å². The van der Waals surface area contributed by atoms with Gasteiger partial charge in [0.1, 0.15) is 5.82 Å². The van der Waals surface area contributed by atoms with Crippen molar-refractivity contribution in [2.75, 3.05) is 6.79 Å². The molecule has 2 aromatic rings. The quantitative estimate of drug-likeness (QED) is 0.841. The fourth-order valence-electron chi connectivity index (χ4n) is 4.10. The molecule has 1 atom stereocenters. The van der Waals surface area contributed by atoms with E-state index in [0.717, 1.165) is 36.7 Å². The van der Waals surface area contributed by atoms with Crippen molar-refractivity contribution < 1.29 is 9.47 Å². The number of fused-ring (bicyclic) bond motifs is 2. The maximum Gasteiger partial charge on any atom is 0.231 e. The van der Waals surface area contributed by atoms with Gasteiger partial charge in [0.15, 0.2) is 11.5 Å². The molecule has 4 rings (SSSR count). The molecule has 0 saturated carbocycles. The monoisotopic (exact) mass is 381 g/mol. The molecule has 0 spiro atoms. The first-order valence-corrected chi connectivity index (χ1v) is 10.1. The molecular formula is C23H31N3O2. The molecule has 150 valence electrons. The van der Waals surface area contributed by atoms with Gasteiger partial charge in [-0.3, -0.25) is 0 Å². The van der Waals surface area contributed by atoms with Gasteiger partial charge in [-0.2, -0.15) is 0 Å². The summed E-state index contributed by atoms with van der Waals surface area (Å²) in [7, 11) is 0. The minimum Gasteiger partial charge on any atom is -0.454 e. The van der Waals surface area contributed by atoms with Gasteiger partial charge in [-0.05, 0) is 48.4 Å². The average Bonchev–Trinajstić information content (AvgIpc) is 3.04. The average molecular weight is 382 g/mol. The third-order valence-corrected chi connectivity index (χ3v) is 5.72. The first-order chi connectivity index (χ1) is 13.1. The van der Waals surface area contributed by atoms with Gasteiger partial charge in [-0.25, -0.2) is 9.97 Å². The zero-order valence-electron chi connectivity index (χ0n) is 17.8. The van der Waals surface area contributed by atoms with E-state index in [-0.39, 0.29) is 16.9 Å². The Morgan fingerprint density at radius 2 is 1.89 bits per heavy atom. The SMILES string of the molecule is Cc1cc2c(cc1CN[C@@H]1CC(C)(C)Cc3nc(C(C)(C)C)ncc31)OCO2. The molecule has 5 nitrogen and oxygen atoms in total. The van der Waals surface area contributed by atoms with Crippen LogP contribution in [-0.4, -0.2) is 16.8 Å². The number of aromatic nitrogens is 2. The summed E-state index contributed by atoms with van der Waals surface area (Å²) in [6.45, 7) is 14.4. The van der Waals surface area contributed by atoms with Gasteiger partial charge in [0.05, 0.1) is 0 Å². The first kappa shape index (κ1) is 19.2. The van der Waals surface area contributed by atoms with Crippen LogP contribution in [-0.2, 0) is 18.4 Å². The number of nitrogens with one attached hydrogen (secondary N) is 1. The van der Waals surface area contributed by atoms with Crippen molar-refractivity contribution in [1.82, 2.24) is 15.3 Å². The molecule has 28 heavy (non-hydrogen) atoms. The molecule has 1 N–H and O–H groups in total. The Labute approximate surface area is 167 Å². The zero-order chi connectivity index (χ0) is 20.1. The van der Waals surface area contributed by atoms with Crippen LogP contribution in [0.15, 0.2) is 18.3 Å². The largest absolute Gasteiger partial charge is 0.454 e. The van der Waals surface area contributed by atoms with E-state index >= 15 is 0 Å². The number of benzene rings is 1. The van der Waals surface area contributed by atoms with E-state index in [9.17, 15) is 0 Å². The summed E-state index contributed by atoms with van der Waals surface area (Å²) in [5.41, 5.74) is 5.05. The van der Waals surface area contributed by atoms with Crippen LogP contribution < -0.4 is 14.8 Å². The number of rotatable bonds is 3. The number of hydrogen-bond donors (Lipinski definition) is 1. The number of hydrogen-bond acceptors (Lipinski definition) is 5. The van der Waals surface area contributed by atoms with Crippen LogP contribution in [0.5, 0.6) is 11.5 Å². The number of ether oxygens (including phenoxy) is 2. The van der Waals surface area contributed by atoms with Crippen molar-refractivity contribution in [1.29, 1.82) is 0 Å². The number of aryl methyl sites for hydroxylation is 1. The van der Waals surface area contributed by atoms with Crippen molar-refractivity contribution in [2.45, 2.75) is 72.4 Å². The molecule has 0 bridgehead atoms. The number of nitrogens with zero attached hydrogens (tertiary/aromatic N) is 2. The van der Waals surface area contributed by atoms with E-state index in [4.69, 9.17) is 19.4 Å². The smallest absolute Gasteiger partial charge is 0.231 e. The molecule has 0 fully saturated rings. The van der Waals surface area contributed by atoms with Crippen LogP contribution in [0.25, 0.3) is 0 Å². The molecular weight excluding hydrogens is 350 g/mol. The molecule has 1 aromatic heterocycles. The van der Waals surface area contributed by atoms with E-state index in [1.807, 2.05) is 6.20 Å². The first-order valence-electron chi connectivity index (χ1n) is 10.1. The van der Waals surface area contributed by atoms with E-state index in [1.54, 1.807) is 0 Å². The minimum atomic E-state index is -0.0385. The van der Waals surface area contributed by atoms with Gasteiger partial charge in [-0.1, -0.05) is 34.6 Å². The predicted molar refractivity (Wildman–Crippen MR) is 110 cm³/mol. The van der Waals surface area contributed by atoms with E-state index in [1.165, 1.54) is 22.4 Å². The molecule has 1 aliphatic carbocycles. The van der Waals surface area contributed by atoms with Crippen molar-refractivity contribution in [2.24, 2.45) is 5.41 Å². The van der Waals surface area contributed by atoms with Crippen molar-refractivity contribution >= 4 is 0 Å². The van der Waals surface area contributed by atoms with Crippen LogP contribution in [0, 0.1) is 12.3 Å². The van der Waals surface area contributed by atoms with Crippen molar-refractivity contribution in [3.8, 4) is 11.5 Å². The second kappa shape index (κ2) is 6.73. The third kappa shape index (κ3) is 3.72. The van der Waals surface area contributed by atoms with Crippen LogP contribution in [0.4, 0.5) is 0 Å². The molecule has 5 heteroatoms. The van der Waals surface area contributed by atoms with Crippen LogP contribution >= 0.6 is 0 Å². The molecule has 0 unspecified atom stereocenters. The highest BCUT2D eigenvalue weighted by Gasteiger charge is 2.34. The second-order valence-electron chi connectivity index (χ2n) is 9.96. The highest BCUT2D eigenvalue weighted by molar-refractivity contribution is 5.48. The highest BCUT2D eigenvalue weighted by atomic mass is 16.7. The molecule has 1 aromatic carbocycles. The highest BCUT2D eigenvalue weighted by Crippen LogP contribution is 2.41. The predicted octanol–water partition coefficient (Wildman–Crippen LogP) is 4.61. The summed E-state index contributed by atoms with van der Waals surface area (Å²) < 4.78 is 11.0. The molecule has 2 aliphatic rings. The lowest BCUT2D eigenvalue weighted by Gasteiger charge is -2.37. The fourth-order valence-corrected chi connectivity index (χ4v) is 4.10. The lowest BCUT2D eigenvalue weighted by atomic mass is 9.74. The minimum absolute atomic E-state index is 0.0385. The van der Waals surface area contributed by atoms with Crippen LogP contribution in [0.3, 0.4) is 0 Å². The van der Waals surface area contributed by atoms with Gasteiger partial charge in [0.2, 0.25) is 6.79 Å². The maximum absolute atomic E-state index is 5.55. The fraction of sp³-hybridized carbons (Fsp3) is 0.565. The van der Waals surface area contributed by atoms with E-state index < -0.39 is 0 Å². The van der Waals surface area contributed by atoms with Crippen molar-refractivity contribution in [3.63, 3.8) is 0 Å². The molecule has 0 radical (unpaired) electrons. The molecule has 0 saturated heterocycles. The zero-order valence-corrected chi connectivity index (χ0v) is 17.8. The Balaban J connectivity index is 1.59. The normalized spacial score (nSPS) is 20.1. The van der Waals surface area contributed by atoms with Gasteiger partial charge < -0.3 is 14.8 Å². The topological polar surface area (TPSA) is 56.3 Å². The standard InChI is InChI=1S/C23H31N3O2/c1-14-7-19-20(28-13-27-19)8-15(14)11-24-17-9-23(5,6)10-18-16(17)12-25-21(26-18)22(2,3)4/h7-8,12,17,24H,9-11,13H2,1-6H3/t17-/m1/s1. The third-order valence-electron chi connectivity index (χ3n) is 5.72. The molecule has 1 aliphatic heterocycles. The van der Waals surface area contributed by atoms with Crippen LogP contribution in [0.2, 0.25) is 0 Å². The van der Waals surface area contributed by atoms with Gasteiger partial charge >= 0.3 is 0 Å². The Kier molecular flexibility index (Phi) is 4.61. The van der Waals surface area contributed by atoms with E-state index in [2.05, 4.69) is 59.0 Å². The Hall–Kier alpha value is -2.14. The Morgan fingerprint density at radius 1 is 1.18 bits per heavy atom. The van der Waals surface area contributed by atoms with Gasteiger partial charge in [-0.15, -0.1) is 0 Å². The molecule has 2 heterocycles. The Bertz CT molecular complexity index is 899. The van der Waals surface area contributed by atoms with E-state index in [0.29, 0.717) is 6.79 Å². The Morgan fingerprint density at radius 3 is 2.61 bits per heavy atom. The summed E-state index contributed by atoms with van der Waals surface area (Å²) in [6.07, 6.45) is 4.11. The lowest BCUT2D eigenvalue weighted by Crippen LogP contribution is -2.35. The maximum atomic E-state index is 5.55.